The topological polar surface area (TPSA) is 48.0 Å². The van der Waals surface area contributed by atoms with Gasteiger partial charge in [-0.15, -0.1) is 0 Å². The number of likely N-dealkylation sites (tertiary alicyclic amines) is 1. The Bertz CT molecular complexity index is 1030. The van der Waals surface area contributed by atoms with Crippen molar-refractivity contribution in [1.82, 2.24) is 4.90 Å². The number of allylic oxidation sites excluding steroid dienone is 1. The predicted octanol–water partition coefficient (Wildman–Crippen LogP) is 6.19. The maximum Gasteiger partial charge on any atom is 0.514 e. The van der Waals surface area contributed by atoms with Crippen molar-refractivity contribution >= 4 is 11.7 Å². The molecule has 182 valence electrons. The molecule has 6 heteroatoms. The van der Waals surface area contributed by atoms with Crippen molar-refractivity contribution in [2.24, 2.45) is 0 Å². The van der Waals surface area contributed by atoms with Crippen LogP contribution in [0.4, 0.5) is 9.18 Å². The lowest BCUT2D eigenvalue weighted by Crippen LogP contribution is -2.26. The lowest BCUT2D eigenvalue weighted by molar-refractivity contribution is 0.0206. The van der Waals surface area contributed by atoms with Gasteiger partial charge in [-0.2, -0.15) is 0 Å². The molecule has 1 saturated heterocycles. The number of nitrogens with zero attached hydrogens (tertiary/aromatic N) is 1. The van der Waals surface area contributed by atoms with Gasteiger partial charge in [0.1, 0.15) is 23.2 Å². The molecule has 0 unspecified atom stereocenters. The molecule has 0 spiro atoms. The third-order valence-corrected chi connectivity index (χ3v) is 6.03. The average Bonchev–Trinajstić information content (AvgIpc) is 3.23. The lowest BCUT2D eigenvalue weighted by Gasteiger charge is -2.21. The van der Waals surface area contributed by atoms with Crippen LogP contribution in [-0.4, -0.2) is 49.1 Å². The van der Waals surface area contributed by atoms with Crippen molar-refractivity contribution in [3.8, 4) is 11.5 Å². The molecular weight excluding hydrogens is 433 g/mol. The molecule has 1 heterocycles. The minimum absolute atomic E-state index is 0.146. The number of carbonyl (C=O) groups excluding carboxylic acids is 1. The number of halogens is 1. The van der Waals surface area contributed by atoms with E-state index in [1.807, 2.05) is 51.1 Å². The van der Waals surface area contributed by atoms with Crippen molar-refractivity contribution in [2.75, 3.05) is 26.3 Å². The Morgan fingerprint density at radius 1 is 1.12 bits per heavy atom. The molecule has 2 aromatic carbocycles. The number of aryl methyl sites for hydroxylation is 1. The first kappa shape index (κ1) is 24.3. The van der Waals surface area contributed by atoms with Crippen molar-refractivity contribution < 1.29 is 23.4 Å². The summed E-state index contributed by atoms with van der Waals surface area (Å²) in [5.41, 5.74) is 3.92. The van der Waals surface area contributed by atoms with Crippen LogP contribution in [0.5, 0.6) is 11.5 Å². The van der Waals surface area contributed by atoms with Crippen LogP contribution in [0.1, 0.15) is 56.7 Å². The fourth-order valence-corrected chi connectivity index (χ4v) is 4.50. The highest BCUT2D eigenvalue weighted by Gasteiger charge is 2.24. The number of fused-ring (bicyclic) bond motifs is 1. The van der Waals surface area contributed by atoms with Crippen LogP contribution < -0.4 is 9.47 Å². The molecule has 1 aliphatic carbocycles. The van der Waals surface area contributed by atoms with Gasteiger partial charge >= 0.3 is 6.16 Å². The first-order valence-corrected chi connectivity index (χ1v) is 12.1. The van der Waals surface area contributed by atoms with Crippen LogP contribution in [-0.2, 0) is 11.2 Å². The number of alkyl halides is 1. The molecule has 4 rings (SSSR count). The third-order valence-electron chi connectivity index (χ3n) is 6.03. The summed E-state index contributed by atoms with van der Waals surface area (Å²) in [4.78, 5) is 14.4. The largest absolute Gasteiger partial charge is 0.514 e. The Labute approximate surface area is 201 Å². The van der Waals surface area contributed by atoms with E-state index in [1.165, 1.54) is 5.56 Å². The monoisotopic (exact) mass is 467 g/mol. The van der Waals surface area contributed by atoms with Crippen LogP contribution in [0.15, 0.2) is 48.5 Å². The molecule has 1 aliphatic heterocycles. The fourth-order valence-electron chi connectivity index (χ4n) is 4.50. The van der Waals surface area contributed by atoms with E-state index >= 15 is 0 Å². The Morgan fingerprint density at radius 2 is 1.88 bits per heavy atom. The highest BCUT2D eigenvalue weighted by molar-refractivity contribution is 5.83. The minimum Gasteiger partial charge on any atom is -0.489 e. The molecule has 1 atom stereocenters. The molecule has 5 nitrogen and oxygen atoms in total. The molecule has 2 aromatic rings. The fraction of sp³-hybridized carbons (Fsp3) is 0.464. The van der Waals surface area contributed by atoms with Crippen molar-refractivity contribution in [1.29, 1.82) is 0 Å². The first-order valence-electron chi connectivity index (χ1n) is 12.1. The summed E-state index contributed by atoms with van der Waals surface area (Å²) in [6.45, 7) is 7.76. The Morgan fingerprint density at radius 3 is 2.62 bits per heavy atom. The molecule has 1 fully saturated rings. The molecule has 0 bridgehead atoms. The Kier molecular flexibility index (Phi) is 7.57. The summed E-state index contributed by atoms with van der Waals surface area (Å²) in [5.74, 6) is 1.32. The van der Waals surface area contributed by atoms with Crippen LogP contribution in [0.2, 0.25) is 0 Å². The van der Waals surface area contributed by atoms with Gasteiger partial charge in [-0.25, -0.2) is 4.79 Å². The molecule has 0 saturated carbocycles. The highest BCUT2D eigenvalue weighted by atomic mass is 19.1. The third kappa shape index (κ3) is 6.38. The summed E-state index contributed by atoms with van der Waals surface area (Å²) in [6.07, 6.45) is 5.14. The van der Waals surface area contributed by atoms with E-state index in [0.717, 1.165) is 61.3 Å². The quantitative estimate of drug-likeness (QED) is 0.359. The second kappa shape index (κ2) is 10.6. The average molecular weight is 468 g/mol. The number of ether oxygens (including phenoxy) is 3. The Hall–Kier alpha value is -2.86. The highest BCUT2D eigenvalue weighted by Crippen LogP contribution is 2.35. The van der Waals surface area contributed by atoms with Gasteiger partial charge in [0.15, 0.2) is 0 Å². The van der Waals surface area contributed by atoms with Gasteiger partial charge in [-0.05, 0) is 93.0 Å². The maximum absolute atomic E-state index is 12.4. The van der Waals surface area contributed by atoms with Gasteiger partial charge in [0, 0.05) is 19.6 Å². The van der Waals surface area contributed by atoms with Gasteiger partial charge in [0.05, 0.1) is 6.67 Å². The van der Waals surface area contributed by atoms with E-state index in [-0.39, 0.29) is 12.8 Å². The number of hydrogen-bond acceptors (Lipinski definition) is 5. The summed E-state index contributed by atoms with van der Waals surface area (Å²) in [6, 6.07) is 13.9. The van der Waals surface area contributed by atoms with E-state index in [4.69, 9.17) is 14.2 Å². The zero-order chi connectivity index (χ0) is 24.1. The predicted molar refractivity (Wildman–Crippen MR) is 131 cm³/mol. The van der Waals surface area contributed by atoms with Crippen molar-refractivity contribution in [2.45, 2.75) is 58.2 Å². The van der Waals surface area contributed by atoms with E-state index in [2.05, 4.69) is 23.1 Å². The van der Waals surface area contributed by atoms with Crippen LogP contribution in [0.3, 0.4) is 0 Å². The molecule has 0 radical (unpaired) electrons. The smallest absolute Gasteiger partial charge is 0.489 e. The minimum atomic E-state index is -0.703. The molecule has 2 aliphatic rings. The summed E-state index contributed by atoms with van der Waals surface area (Å²) < 4.78 is 29.3. The van der Waals surface area contributed by atoms with Gasteiger partial charge in [0.2, 0.25) is 0 Å². The van der Waals surface area contributed by atoms with Crippen LogP contribution in [0, 0.1) is 0 Å². The van der Waals surface area contributed by atoms with E-state index in [1.54, 1.807) is 0 Å². The van der Waals surface area contributed by atoms with Crippen molar-refractivity contribution in [3.05, 3.63) is 65.2 Å². The zero-order valence-electron chi connectivity index (χ0n) is 20.3. The second-order valence-electron chi connectivity index (χ2n) is 9.94. The summed E-state index contributed by atoms with van der Waals surface area (Å²) in [7, 11) is 0. The first-order chi connectivity index (χ1) is 16.3. The molecule has 0 N–H and O–H groups in total. The van der Waals surface area contributed by atoms with Gasteiger partial charge < -0.3 is 14.2 Å². The summed E-state index contributed by atoms with van der Waals surface area (Å²) >= 11 is 0. The van der Waals surface area contributed by atoms with Gasteiger partial charge in [0.25, 0.3) is 0 Å². The van der Waals surface area contributed by atoms with E-state index < -0.39 is 11.8 Å². The van der Waals surface area contributed by atoms with Gasteiger partial charge in [-0.3, -0.25) is 9.29 Å². The van der Waals surface area contributed by atoms with Crippen LogP contribution in [0.25, 0.3) is 5.57 Å². The van der Waals surface area contributed by atoms with E-state index in [9.17, 15) is 9.18 Å². The van der Waals surface area contributed by atoms with E-state index in [0.29, 0.717) is 12.2 Å². The molecule has 0 amide bonds. The second-order valence-corrected chi connectivity index (χ2v) is 9.94. The normalized spacial score (nSPS) is 18.2. The SMILES string of the molecule is CC(C)(C)OC(=O)Oc1ccc2c(c1)C(c1ccc(O[C@H]3CCN(CCCF)C3)cc1)=CCC2. The number of benzene rings is 2. The number of carbonyl (C=O) groups is 1. The zero-order valence-corrected chi connectivity index (χ0v) is 20.3. The molecular formula is C28H34FNO4. The van der Waals surface area contributed by atoms with Crippen LogP contribution >= 0.6 is 0 Å². The molecule has 0 aromatic heterocycles. The lowest BCUT2D eigenvalue weighted by atomic mass is 9.87. The number of rotatable bonds is 7. The maximum atomic E-state index is 12.4. The summed E-state index contributed by atoms with van der Waals surface area (Å²) in [5, 5.41) is 0. The van der Waals surface area contributed by atoms with Gasteiger partial charge in [-0.1, -0.05) is 24.3 Å². The Balaban J connectivity index is 1.43. The number of hydrogen-bond donors (Lipinski definition) is 0. The standard InChI is InChI=1S/C28H34FNO4/c1-28(2,3)34-27(31)33-23-13-10-20-6-4-7-25(26(20)18-23)21-8-11-22(12-9-21)32-24-14-17-30(19-24)16-5-15-29/h7-13,18,24H,4-6,14-17,19H2,1-3H3/t24-/m0/s1. The molecule has 34 heavy (non-hydrogen) atoms. The van der Waals surface area contributed by atoms with Crippen molar-refractivity contribution in [3.63, 3.8) is 0 Å².